The fourth-order valence-electron chi connectivity index (χ4n) is 0.398. The summed E-state index contributed by atoms with van der Waals surface area (Å²) in [5.41, 5.74) is 0. The summed E-state index contributed by atoms with van der Waals surface area (Å²) in [6, 6.07) is 0. The van der Waals surface area contributed by atoms with Gasteiger partial charge in [-0.15, -0.1) is 0 Å². The molecule has 0 rings (SSSR count). The van der Waals surface area contributed by atoms with Crippen molar-refractivity contribution in [3.05, 3.63) is 11.1 Å². The van der Waals surface area contributed by atoms with Crippen LogP contribution in [0.1, 0.15) is 27.2 Å². The predicted octanol–water partition coefficient (Wildman–Crippen LogP) is 3.18. The summed E-state index contributed by atoms with van der Waals surface area (Å²) < 4.78 is 0. The molecule has 0 saturated heterocycles. The van der Waals surface area contributed by atoms with Gasteiger partial charge in [-0.05, 0) is 19.3 Å². The summed E-state index contributed by atoms with van der Waals surface area (Å²) in [5, 5.41) is 0.902. The zero-order valence-electron chi connectivity index (χ0n) is 5.74. The predicted molar refractivity (Wildman–Crippen MR) is 39.1 cm³/mol. The number of hydrogen-bond acceptors (Lipinski definition) is 0. The van der Waals surface area contributed by atoms with E-state index in [0.29, 0.717) is 0 Å². The maximum atomic E-state index is 5.58. The Morgan fingerprint density at radius 3 is 2.25 bits per heavy atom. The van der Waals surface area contributed by atoms with Gasteiger partial charge in [0.1, 0.15) is 0 Å². The van der Waals surface area contributed by atoms with Crippen LogP contribution in [0.15, 0.2) is 11.1 Å². The van der Waals surface area contributed by atoms with E-state index in [2.05, 4.69) is 13.8 Å². The molecule has 0 unspecified atom stereocenters. The van der Waals surface area contributed by atoms with Crippen LogP contribution < -0.4 is 0 Å². The molecule has 0 nitrogen and oxygen atoms in total. The molecule has 48 valence electrons. The topological polar surface area (TPSA) is 0 Å². The van der Waals surface area contributed by atoms with Crippen LogP contribution in [0.25, 0.3) is 0 Å². The van der Waals surface area contributed by atoms with E-state index >= 15 is 0 Å². The van der Waals surface area contributed by atoms with Crippen LogP contribution >= 0.6 is 11.6 Å². The largest absolute Gasteiger partial charge is 0.0898 e. The Labute approximate surface area is 56.5 Å². The Bertz CT molecular complexity index is 78.4. The quantitative estimate of drug-likeness (QED) is 0.542. The van der Waals surface area contributed by atoms with Gasteiger partial charge in [0.15, 0.2) is 0 Å². The van der Waals surface area contributed by atoms with Gasteiger partial charge in [0.25, 0.3) is 0 Å². The summed E-state index contributed by atoms with van der Waals surface area (Å²) in [7, 11) is 0. The molecule has 0 aromatic rings. The molecule has 0 aliphatic carbocycles. The minimum atomic E-state index is 0.726. The van der Waals surface area contributed by atoms with E-state index in [1.165, 1.54) is 0 Å². The lowest BCUT2D eigenvalue weighted by molar-refractivity contribution is 0.663. The SMILES string of the molecule is C/C(Cl)=C\CC(C)C. The molecule has 0 aliphatic rings. The molecule has 0 N–H and O–H groups in total. The maximum absolute atomic E-state index is 5.58. The Kier molecular flexibility index (Phi) is 3.98. The second-order valence-corrected chi connectivity index (χ2v) is 3.02. The minimum absolute atomic E-state index is 0.726. The molecule has 0 saturated carbocycles. The van der Waals surface area contributed by atoms with Crippen molar-refractivity contribution < 1.29 is 0 Å². The molecule has 0 spiro atoms. The summed E-state index contributed by atoms with van der Waals surface area (Å²) in [6.45, 7) is 6.26. The van der Waals surface area contributed by atoms with Gasteiger partial charge in [-0.2, -0.15) is 0 Å². The van der Waals surface area contributed by atoms with Gasteiger partial charge in [-0.3, -0.25) is 0 Å². The van der Waals surface area contributed by atoms with E-state index in [0.717, 1.165) is 17.4 Å². The molecule has 1 heteroatoms. The second kappa shape index (κ2) is 3.96. The molecular formula is C7H13Cl. The van der Waals surface area contributed by atoms with Crippen molar-refractivity contribution in [2.24, 2.45) is 5.92 Å². The first-order valence-electron chi connectivity index (χ1n) is 2.95. The molecule has 0 aromatic heterocycles. The molecule has 0 aromatic carbocycles. The van der Waals surface area contributed by atoms with Crippen molar-refractivity contribution in [3.8, 4) is 0 Å². The van der Waals surface area contributed by atoms with Crippen molar-refractivity contribution in [3.63, 3.8) is 0 Å². The van der Waals surface area contributed by atoms with Crippen LogP contribution in [0.4, 0.5) is 0 Å². The summed E-state index contributed by atoms with van der Waals surface area (Å²) in [4.78, 5) is 0. The minimum Gasteiger partial charge on any atom is -0.0898 e. The van der Waals surface area contributed by atoms with Crippen LogP contribution in [0, 0.1) is 5.92 Å². The van der Waals surface area contributed by atoms with Gasteiger partial charge in [0, 0.05) is 5.03 Å². The third-order valence-electron chi connectivity index (χ3n) is 0.871. The maximum Gasteiger partial charge on any atom is 0.0110 e. The summed E-state index contributed by atoms with van der Waals surface area (Å²) >= 11 is 5.58. The summed E-state index contributed by atoms with van der Waals surface area (Å²) in [5.74, 6) is 0.726. The van der Waals surface area contributed by atoms with Crippen molar-refractivity contribution in [1.29, 1.82) is 0 Å². The lowest BCUT2D eigenvalue weighted by atomic mass is 10.1. The van der Waals surface area contributed by atoms with E-state index in [4.69, 9.17) is 11.6 Å². The lowest BCUT2D eigenvalue weighted by Gasteiger charge is -1.95. The number of allylic oxidation sites excluding steroid dienone is 2. The normalized spacial score (nSPS) is 12.9. The Morgan fingerprint density at radius 1 is 1.62 bits per heavy atom. The van der Waals surface area contributed by atoms with Crippen LogP contribution in [-0.2, 0) is 0 Å². The first-order valence-corrected chi connectivity index (χ1v) is 3.33. The highest BCUT2D eigenvalue weighted by Crippen LogP contribution is 2.05. The fraction of sp³-hybridized carbons (Fsp3) is 0.714. The van der Waals surface area contributed by atoms with Gasteiger partial charge >= 0.3 is 0 Å². The van der Waals surface area contributed by atoms with Crippen LogP contribution in [0.5, 0.6) is 0 Å². The third kappa shape index (κ3) is 6.03. The molecule has 0 heterocycles. The van der Waals surface area contributed by atoms with E-state index in [1.54, 1.807) is 0 Å². The average molecular weight is 133 g/mol. The monoisotopic (exact) mass is 132 g/mol. The van der Waals surface area contributed by atoms with Crippen LogP contribution in [-0.4, -0.2) is 0 Å². The van der Waals surface area contributed by atoms with Crippen LogP contribution in [0.2, 0.25) is 0 Å². The number of halogens is 1. The van der Waals surface area contributed by atoms with E-state index < -0.39 is 0 Å². The van der Waals surface area contributed by atoms with Gasteiger partial charge in [0.2, 0.25) is 0 Å². The molecular weight excluding hydrogens is 120 g/mol. The highest BCUT2D eigenvalue weighted by Gasteiger charge is 1.87. The van der Waals surface area contributed by atoms with Crippen molar-refractivity contribution in [2.45, 2.75) is 27.2 Å². The van der Waals surface area contributed by atoms with E-state index in [1.807, 2.05) is 13.0 Å². The Hall–Kier alpha value is 0.0300. The smallest absolute Gasteiger partial charge is 0.0110 e. The molecule has 0 amide bonds. The first kappa shape index (κ1) is 8.03. The van der Waals surface area contributed by atoms with Gasteiger partial charge in [-0.1, -0.05) is 31.5 Å². The van der Waals surface area contributed by atoms with Crippen LogP contribution in [0.3, 0.4) is 0 Å². The van der Waals surface area contributed by atoms with Gasteiger partial charge < -0.3 is 0 Å². The zero-order valence-corrected chi connectivity index (χ0v) is 6.50. The number of rotatable bonds is 2. The third-order valence-corrected chi connectivity index (χ3v) is 1.02. The van der Waals surface area contributed by atoms with Crippen molar-refractivity contribution in [2.75, 3.05) is 0 Å². The lowest BCUT2D eigenvalue weighted by Crippen LogP contribution is -1.81. The zero-order chi connectivity index (χ0) is 6.57. The van der Waals surface area contributed by atoms with E-state index in [-0.39, 0.29) is 0 Å². The first-order chi connectivity index (χ1) is 3.63. The Morgan fingerprint density at radius 2 is 2.12 bits per heavy atom. The van der Waals surface area contributed by atoms with E-state index in [9.17, 15) is 0 Å². The average Bonchev–Trinajstić information content (AvgIpc) is 1.61. The molecule has 0 bridgehead atoms. The molecule has 0 fully saturated rings. The second-order valence-electron chi connectivity index (χ2n) is 2.42. The molecule has 8 heavy (non-hydrogen) atoms. The van der Waals surface area contributed by atoms with Crippen molar-refractivity contribution in [1.82, 2.24) is 0 Å². The molecule has 0 atom stereocenters. The fourth-order valence-corrected chi connectivity index (χ4v) is 0.487. The van der Waals surface area contributed by atoms with Gasteiger partial charge in [-0.25, -0.2) is 0 Å². The molecule has 0 aliphatic heterocycles. The Balaban J connectivity index is 3.29. The summed E-state index contributed by atoms with van der Waals surface area (Å²) in [6.07, 6.45) is 3.14. The highest BCUT2D eigenvalue weighted by atomic mass is 35.5. The highest BCUT2D eigenvalue weighted by molar-refractivity contribution is 6.29. The van der Waals surface area contributed by atoms with Gasteiger partial charge in [0.05, 0.1) is 0 Å². The standard InChI is InChI=1S/C7H13Cl/c1-6(2)4-5-7(3)8/h5-6H,4H2,1-3H3/b7-5+. The molecule has 0 radical (unpaired) electrons. The number of hydrogen-bond donors (Lipinski definition) is 0. The van der Waals surface area contributed by atoms with Crippen molar-refractivity contribution >= 4 is 11.6 Å².